The number of halogens is 1. The number of benzene rings is 1. The number of nitrogens with zero attached hydrogens (tertiary/aromatic N) is 3. The smallest absolute Gasteiger partial charge is 0.296 e. The van der Waals surface area contributed by atoms with E-state index in [0.29, 0.717) is 29.5 Å². The minimum absolute atomic E-state index is 0.0202. The van der Waals surface area contributed by atoms with E-state index in [-0.39, 0.29) is 34.8 Å². The van der Waals surface area contributed by atoms with Gasteiger partial charge in [-0.2, -0.15) is 0 Å². The molecule has 1 fully saturated rings. The summed E-state index contributed by atoms with van der Waals surface area (Å²) in [6.45, 7) is 4.24. The van der Waals surface area contributed by atoms with E-state index in [2.05, 4.69) is 24.0 Å². The second-order valence-electron chi connectivity index (χ2n) is 8.84. The molecule has 0 N–H and O–H groups in total. The van der Waals surface area contributed by atoms with Crippen molar-refractivity contribution in [2.75, 3.05) is 4.90 Å². The lowest BCUT2D eigenvalue weighted by Gasteiger charge is -2.37. The fraction of sp³-hybridized carbons (Fsp3) is 0.478. The van der Waals surface area contributed by atoms with Crippen LogP contribution in [0.1, 0.15) is 49.7 Å². The van der Waals surface area contributed by atoms with Crippen LogP contribution in [-0.2, 0) is 20.7 Å². The molecule has 1 amide bonds. The minimum Gasteiger partial charge on any atom is -0.483 e. The number of hydrogen-bond acceptors (Lipinski definition) is 6. The van der Waals surface area contributed by atoms with Gasteiger partial charge >= 0.3 is 0 Å². The number of carbonyl (C=O) groups excluding carboxylic acids is 2. The van der Waals surface area contributed by atoms with Crippen molar-refractivity contribution in [2.24, 2.45) is 11.8 Å². The van der Waals surface area contributed by atoms with Crippen LogP contribution in [-0.4, -0.2) is 33.4 Å². The standard InChI is InChI=1S/C23H24ClN3O3S/c1-12(2)10-17-25-26-23(31-17)27-19(13-6-4-3-5-7-13)18-20(28)15-11-14(24)8-9-16(15)30-21(18)22(27)29/h3-7,12,14-16,19H,8-11H2,1-2H3. The third-order valence-electron chi connectivity index (χ3n) is 6.14. The summed E-state index contributed by atoms with van der Waals surface area (Å²) in [4.78, 5) is 28.8. The summed E-state index contributed by atoms with van der Waals surface area (Å²) in [6, 6.07) is 9.04. The van der Waals surface area contributed by atoms with Crippen molar-refractivity contribution in [1.29, 1.82) is 0 Å². The molecule has 2 aliphatic heterocycles. The molecule has 4 unspecified atom stereocenters. The Morgan fingerprint density at radius 2 is 1.97 bits per heavy atom. The number of amides is 1. The van der Waals surface area contributed by atoms with Crippen molar-refractivity contribution in [3.63, 3.8) is 0 Å². The highest BCUT2D eigenvalue weighted by atomic mass is 35.5. The van der Waals surface area contributed by atoms with Crippen LogP contribution in [0.5, 0.6) is 0 Å². The number of ether oxygens (including phenoxy) is 1. The summed E-state index contributed by atoms with van der Waals surface area (Å²) in [5.41, 5.74) is 1.29. The highest BCUT2D eigenvalue weighted by Crippen LogP contribution is 2.49. The molecule has 1 aromatic heterocycles. The number of fused-ring (bicyclic) bond motifs is 1. The average Bonchev–Trinajstić information content (AvgIpc) is 3.31. The van der Waals surface area contributed by atoms with Crippen molar-refractivity contribution in [3.8, 4) is 0 Å². The number of anilines is 1. The summed E-state index contributed by atoms with van der Waals surface area (Å²) in [7, 11) is 0. The Morgan fingerprint density at radius 1 is 1.19 bits per heavy atom. The zero-order chi connectivity index (χ0) is 21.7. The number of ketones is 1. The molecular formula is C23H24ClN3O3S. The molecule has 1 aliphatic carbocycles. The van der Waals surface area contributed by atoms with E-state index in [1.54, 1.807) is 4.90 Å². The normalized spacial score (nSPS) is 28.1. The maximum absolute atomic E-state index is 13.6. The van der Waals surface area contributed by atoms with Gasteiger partial charge in [0.2, 0.25) is 5.13 Å². The summed E-state index contributed by atoms with van der Waals surface area (Å²) >= 11 is 7.78. The molecule has 0 bridgehead atoms. The number of hydrogen-bond donors (Lipinski definition) is 0. The van der Waals surface area contributed by atoms with Gasteiger partial charge in [-0.05, 0) is 30.7 Å². The Kier molecular flexibility index (Phi) is 5.34. The molecule has 3 aliphatic rings. The van der Waals surface area contributed by atoms with E-state index < -0.39 is 6.04 Å². The summed E-state index contributed by atoms with van der Waals surface area (Å²) < 4.78 is 6.19. The molecule has 0 radical (unpaired) electrons. The maximum Gasteiger partial charge on any atom is 0.296 e. The molecule has 0 saturated heterocycles. The first kappa shape index (κ1) is 20.6. The Labute approximate surface area is 190 Å². The number of aromatic nitrogens is 2. The average molecular weight is 458 g/mol. The van der Waals surface area contributed by atoms with Crippen molar-refractivity contribution in [2.45, 2.75) is 57.1 Å². The molecule has 3 heterocycles. The first-order valence-electron chi connectivity index (χ1n) is 10.7. The number of carbonyl (C=O) groups is 2. The van der Waals surface area contributed by atoms with Crippen molar-refractivity contribution in [1.82, 2.24) is 10.2 Å². The zero-order valence-electron chi connectivity index (χ0n) is 17.5. The summed E-state index contributed by atoms with van der Waals surface area (Å²) in [5, 5.41) is 9.95. The molecule has 2 aromatic rings. The topological polar surface area (TPSA) is 72.4 Å². The van der Waals surface area contributed by atoms with Crippen LogP contribution in [0.3, 0.4) is 0 Å². The van der Waals surface area contributed by atoms with Crippen LogP contribution < -0.4 is 4.90 Å². The van der Waals surface area contributed by atoms with Gasteiger partial charge in [-0.3, -0.25) is 14.5 Å². The van der Waals surface area contributed by atoms with E-state index in [4.69, 9.17) is 16.3 Å². The molecule has 8 heteroatoms. The van der Waals surface area contributed by atoms with E-state index in [9.17, 15) is 9.59 Å². The van der Waals surface area contributed by atoms with Crippen LogP contribution in [0.2, 0.25) is 0 Å². The fourth-order valence-electron chi connectivity index (χ4n) is 4.74. The van der Waals surface area contributed by atoms with Crippen LogP contribution in [0.4, 0.5) is 5.13 Å². The number of Topliss-reactive ketones (excluding diaryl/α,β-unsaturated/α-hetero) is 1. The van der Waals surface area contributed by atoms with E-state index in [0.717, 1.165) is 23.4 Å². The van der Waals surface area contributed by atoms with Crippen LogP contribution >= 0.6 is 22.9 Å². The Balaban J connectivity index is 1.58. The zero-order valence-corrected chi connectivity index (χ0v) is 19.0. The van der Waals surface area contributed by atoms with E-state index >= 15 is 0 Å². The molecule has 162 valence electrons. The highest BCUT2D eigenvalue weighted by Gasteiger charge is 2.53. The van der Waals surface area contributed by atoms with Crippen molar-refractivity contribution in [3.05, 3.63) is 52.2 Å². The van der Waals surface area contributed by atoms with Gasteiger partial charge in [0.05, 0.1) is 17.5 Å². The van der Waals surface area contributed by atoms with Crippen molar-refractivity contribution >= 4 is 39.8 Å². The maximum atomic E-state index is 13.6. The van der Waals surface area contributed by atoms with Gasteiger partial charge < -0.3 is 4.74 Å². The summed E-state index contributed by atoms with van der Waals surface area (Å²) in [6.07, 6.45) is 2.55. The SMILES string of the molecule is CC(C)Cc1nnc(N2C(=O)C3=C(C(=O)C4CC(Cl)CCC4O3)C2c2ccccc2)s1. The second-order valence-corrected chi connectivity index (χ2v) is 10.5. The number of alkyl halides is 1. The molecule has 5 rings (SSSR count). The lowest BCUT2D eigenvalue weighted by molar-refractivity contribution is -0.131. The monoisotopic (exact) mass is 457 g/mol. The van der Waals surface area contributed by atoms with Gasteiger partial charge in [-0.1, -0.05) is 55.5 Å². The van der Waals surface area contributed by atoms with Gasteiger partial charge in [0.15, 0.2) is 11.5 Å². The molecule has 0 spiro atoms. The molecule has 6 nitrogen and oxygen atoms in total. The Morgan fingerprint density at radius 3 is 2.71 bits per heavy atom. The van der Waals surface area contributed by atoms with Gasteiger partial charge in [0, 0.05) is 11.8 Å². The molecule has 1 saturated carbocycles. The van der Waals surface area contributed by atoms with Crippen LogP contribution in [0.15, 0.2) is 41.7 Å². The van der Waals surface area contributed by atoms with Gasteiger partial charge in [0.1, 0.15) is 11.1 Å². The second kappa shape index (κ2) is 8.02. The minimum atomic E-state index is -0.562. The lowest BCUT2D eigenvalue weighted by atomic mass is 9.77. The van der Waals surface area contributed by atoms with E-state index in [1.165, 1.54) is 11.3 Å². The number of rotatable bonds is 4. The van der Waals surface area contributed by atoms with Crippen molar-refractivity contribution < 1.29 is 14.3 Å². The molecule has 1 aromatic carbocycles. The molecule has 31 heavy (non-hydrogen) atoms. The fourth-order valence-corrected chi connectivity index (χ4v) is 6.13. The largest absolute Gasteiger partial charge is 0.483 e. The first-order valence-corrected chi connectivity index (χ1v) is 12.0. The Hall–Kier alpha value is -2.25. The first-order chi connectivity index (χ1) is 14.9. The van der Waals surface area contributed by atoms with E-state index in [1.807, 2.05) is 30.3 Å². The third-order valence-corrected chi connectivity index (χ3v) is 7.49. The lowest BCUT2D eigenvalue weighted by Crippen LogP contribution is -2.41. The highest BCUT2D eigenvalue weighted by molar-refractivity contribution is 7.15. The predicted octanol–water partition coefficient (Wildman–Crippen LogP) is 4.45. The molecular weight excluding hydrogens is 434 g/mol. The van der Waals surface area contributed by atoms with Gasteiger partial charge in [-0.25, -0.2) is 0 Å². The third kappa shape index (κ3) is 3.57. The van der Waals surface area contributed by atoms with Crippen LogP contribution in [0.25, 0.3) is 0 Å². The van der Waals surface area contributed by atoms with Gasteiger partial charge in [0.25, 0.3) is 5.91 Å². The Bertz CT molecular complexity index is 1050. The predicted molar refractivity (Wildman–Crippen MR) is 119 cm³/mol. The molecule has 4 atom stereocenters. The van der Waals surface area contributed by atoms with Crippen LogP contribution in [0, 0.1) is 11.8 Å². The summed E-state index contributed by atoms with van der Waals surface area (Å²) in [5.74, 6) is -0.0272. The quantitative estimate of drug-likeness (QED) is 0.634. The van der Waals surface area contributed by atoms with Gasteiger partial charge in [-0.15, -0.1) is 21.8 Å².